The van der Waals surface area contributed by atoms with E-state index in [-0.39, 0.29) is 24.5 Å². The van der Waals surface area contributed by atoms with Crippen LogP contribution in [0.4, 0.5) is 5.69 Å². The highest BCUT2D eigenvalue weighted by atomic mass is 16.6. The second-order valence-corrected chi connectivity index (χ2v) is 5.73. The maximum absolute atomic E-state index is 12.0. The molecular weight excluding hydrogens is 310 g/mol. The van der Waals surface area contributed by atoms with Gasteiger partial charge in [-0.25, -0.2) is 0 Å². The van der Waals surface area contributed by atoms with Crippen LogP contribution in [0.5, 0.6) is 0 Å². The van der Waals surface area contributed by atoms with E-state index in [0.717, 1.165) is 11.3 Å². The first-order valence-corrected chi connectivity index (χ1v) is 7.89. The van der Waals surface area contributed by atoms with Crippen molar-refractivity contribution in [2.24, 2.45) is 5.16 Å². The molecule has 2 amide bonds. The Hall–Kier alpha value is -2.41. The first-order chi connectivity index (χ1) is 11.5. The number of nitrogens with zero attached hydrogens (tertiary/aromatic N) is 2. The van der Waals surface area contributed by atoms with Crippen molar-refractivity contribution in [3.8, 4) is 0 Å². The van der Waals surface area contributed by atoms with Gasteiger partial charge in [0.1, 0.15) is 0 Å². The highest BCUT2D eigenvalue weighted by molar-refractivity contribution is 5.99. The topological polar surface area (TPSA) is 80.2 Å². The third-order valence-corrected chi connectivity index (χ3v) is 3.61. The number of anilines is 1. The van der Waals surface area contributed by atoms with Gasteiger partial charge in [-0.1, -0.05) is 17.3 Å². The minimum Gasteiger partial charge on any atom is -0.385 e. The zero-order valence-corrected chi connectivity index (χ0v) is 14.2. The summed E-state index contributed by atoms with van der Waals surface area (Å²) in [4.78, 5) is 29.9. The third-order valence-electron chi connectivity index (χ3n) is 3.61. The summed E-state index contributed by atoms with van der Waals surface area (Å²) in [5.74, 6) is -0.213. The lowest BCUT2D eigenvalue weighted by Crippen LogP contribution is -2.45. The van der Waals surface area contributed by atoms with Gasteiger partial charge in [0.2, 0.25) is 5.91 Å². The molecule has 1 fully saturated rings. The molecule has 1 atom stereocenters. The van der Waals surface area contributed by atoms with E-state index in [2.05, 4.69) is 10.5 Å². The van der Waals surface area contributed by atoms with Crippen molar-refractivity contribution in [2.75, 3.05) is 31.6 Å². The molecule has 2 rings (SSSR count). The number of hydrogen-bond donors (Lipinski definition) is 1. The van der Waals surface area contributed by atoms with Crippen LogP contribution in [-0.4, -0.2) is 54.8 Å². The number of carbonyl (C=O) groups is 2. The Morgan fingerprint density at radius 2 is 2.04 bits per heavy atom. The van der Waals surface area contributed by atoms with Crippen molar-refractivity contribution >= 4 is 23.2 Å². The van der Waals surface area contributed by atoms with Crippen LogP contribution in [0, 0.1) is 0 Å². The van der Waals surface area contributed by atoms with Gasteiger partial charge in [0.15, 0.2) is 6.61 Å². The Morgan fingerprint density at radius 1 is 1.33 bits per heavy atom. The first kappa shape index (κ1) is 17.9. The fourth-order valence-electron chi connectivity index (χ4n) is 2.37. The molecule has 0 saturated carbocycles. The van der Waals surface area contributed by atoms with Crippen LogP contribution in [0.1, 0.15) is 26.3 Å². The van der Waals surface area contributed by atoms with Gasteiger partial charge in [-0.2, -0.15) is 0 Å². The Morgan fingerprint density at radius 3 is 2.67 bits per heavy atom. The number of carbonyl (C=O) groups excluding carboxylic acids is 2. The first-order valence-electron chi connectivity index (χ1n) is 7.89. The fraction of sp³-hybridized carbons (Fsp3) is 0.471. The minimum atomic E-state index is -0.118. The van der Waals surface area contributed by atoms with Crippen molar-refractivity contribution in [3.05, 3.63) is 29.8 Å². The maximum Gasteiger partial charge on any atom is 0.263 e. The molecule has 24 heavy (non-hydrogen) atoms. The predicted octanol–water partition coefficient (Wildman–Crippen LogP) is 1.63. The number of morpholine rings is 1. The average Bonchev–Trinajstić information content (AvgIpc) is 2.54. The molecule has 1 aliphatic heterocycles. The zero-order chi connectivity index (χ0) is 17.5. The van der Waals surface area contributed by atoms with Gasteiger partial charge in [-0.15, -0.1) is 0 Å². The van der Waals surface area contributed by atoms with Crippen molar-refractivity contribution in [1.82, 2.24) is 4.90 Å². The second-order valence-electron chi connectivity index (χ2n) is 5.73. The molecule has 0 aliphatic carbocycles. The summed E-state index contributed by atoms with van der Waals surface area (Å²) in [6.07, 6.45) is 0.0510. The van der Waals surface area contributed by atoms with Gasteiger partial charge < -0.3 is 19.8 Å². The molecule has 1 aromatic carbocycles. The molecule has 7 nitrogen and oxygen atoms in total. The number of amides is 2. The van der Waals surface area contributed by atoms with Gasteiger partial charge in [0.05, 0.1) is 18.4 Å². The molecule has 1 aromatic rings. The smallest absolute Gasteiger partial charge is 0.263 e. The van der Waals surface area contributed by atoms with Crippen LogP contribution in [0.3, 0.4) is 0 Å². The Kier molecular flexibility index (Phi) is 6.31. The Labute approximate surface area is 141 Å². The highest BCUT2D eigenvalue weighted by Gasteiger charge is 2.21. The average molecular weight is 333 g/mol. The molecule has 0 bridgehead atoms. The molecule has 0 aromatic heterocycles. The van der Waals surface area contributed by atoms with Crippen molar-refractivity contribution in [1.29, 1.82) is 0 Å². The maximum atomic E-state index is 12.0. The van der Waals surface area contributed by atoms with Crippen molar-refractivity contribution in [2.45, 2.75) is 26.9 Å². The van der Waals surface area contributed by atoms with Gasteiger partial charge in [-0.05, 0) is 31.5 Å². The van der Waals surface area contributed by atoms with E-state index in [1.807, 2.05) is 19.1 Å². The fourth-order valence-corrected chi connectivity index (χ4v) is 2.37. The molecule has 1 aliphatic rings. The van der Waals surface area contributed by atoms with Crippen LogP contribution < -0.4 is 5.32 Å². The standard InChI is InChI=1S/C17H23N3O4/c1-12-10-20(8-9-23-12)17(22)11-24-19-13(2)15-4-6-16(7-5-15)18-14(3)21/h4-7,12H,8-11H2,1-3H3,(H,18,21)/b19-13+. The summed E-state index contributed by atoms with van der Waals surface area (Å²) >= 11 is 0. The molecule has 1 N–H and O–H groups in total. The SMILES string of the molecule is CC(=O)Nc1ccc(/C(C)=N/OCC(=O)N2CCOC(C)C2)cc1. The number of ether oxygens (including phenoxy) is 1. The Balaban J connectivity index is 1.84. The second kappa shape index (κ2) is 8.44. The normalized spacial score (nSPS) is 18.2. The van der Waals surface area contributed by atoms with E-state index in [0.29, 0.717) is 25.4 Å². The van der Waals surface area contributed by atoms with E-state index in [4.69, 9.17) is 9.57 Å². The Bertz CT molecular complexity index is 613. The molecular formula is C17H23N3O4. The summed E-state index contributed by atoms with van der Waals surface area (Å²) in [5, 5.41) is 6.69. The summed E-state index contributed by atoms with van der Waals surface area (Å²) in [7, 11) is 0. The summed E-state index contributed by atoms with van der Waals surface area (Å²) in [6.45, 7) is 6.82. The zero-order valence-electron chi connectivity index (χ0n) is 14.2. The van der Waals surface area contributed by atoms with Crippen LogP contribution in [0.2, 0.25) is 0 Å². The van der Waals surface area contributed by atoms with Crippen LogP contribution in [0.25, 0.3) is 0 Å². The molecule has 1 unspecified atom stereocenters. The van der Waals surface area contributed by atoms with Gasteiger partial charge >= 0.3 is 0 Å². The molecule has 0 spiro atoms. The van der Waals surface area contributed by atoms with E-state index >= 15 is 0 Å². The predicted molar refractivity (Wildman–Crippen MR) is 90.9 cm³/mol. The minimum absolute atomic E-state index is 0.0510. The number of oxime groups is 1. The van der Waals surface area contributed by atoms with Crippen molar-refractivity contribution in [3.63, 3.8) is 0 Å². The lowest BCUT2D eigenvalue weighted by molar-refractivity contribution is -0.142. The van der Waals surface area contributed by atoms with Crippen LogP contribution in [-0.2, 0) is 19.2 Å². The van der Waals surface area contributed by atoms with E-state index in [1.54, 1.807) is 24.0 Å². The van der Waals surface area contributed by atoms with Crippen LogP contribution >= 0.6 is 0 Å². The number of rotatable bonds is 5. The molecule has 0 radical (unpaired) electrons. The lowest BCUT2D eigenvalue weighted by Gasteiger charge is -2.30. The quantitative estimate of drug-likeness (QED) is 0.656. The summed E-state index contributed by atoms with van der Waals surface area (Å²) in [5.41, 5.74) is 2.24. The van der Waals surface area contributed by atoms with Gasteiger partial charge in [0.25, 0.3) is 5.91 Å². The molecule has 7 heteroatoms. The molecule has 130 valence electrons. The highest BCUT2D eigenvalue weighted by Crippen LogP contribution is 2.11. The van der Waals surface area contributed by atoms with Gasteiger partial charge in [0, 0.05) is 25.7 Å². The van der Waals surface area contributed by atoms with Crippen molar-refractivity contribution < 1.29 is 19.2 Å². The third kappa shape index (κ3) is 5.34. The van der Waals surface area contributed by atoms with E-state index in [9.17, 15) is 9.59 Å². The molecule has 1 saturated heterocycles. The molecule has 1 heterocycles. The number of benzene rings is 1. The van der Waals surface area contributed by atoms with E-state index in [1.165, 1.54) is 6.92 Å². The largest absolute Gasteiger partial charge is 0.385 e. The van der Waals surface area contributed by atoms with Crippen LogP contribution in [0.15, 0.2) is 29.4 Å². The number of nitrogens with one attached hydrogen (secondary N) is 1. The van der Waals surface area contributed by atoms with E-state index < -0.39 is 0 Å². The monoisotopic (exact) mass is 333 g/mol. The summed E-state index contributed by atoms with van der Waals surface area (Å²) < 4.78 is 5.40. The summed E-state index contributed by atoms with van der Waals surface area (Å²) in [6, 6.07) is 7.24. The number of hydrogen-bond acceptors (Lipinski definition) is 5. The van der Waals surface area contributed by atoms with Gasteiger partial charge in [-0.3, -0.25) is 9.59 Å². The lowest BCUT2D eigenvalue weighted by atomic mass is 10.1.